The Morgan fingerprint density at radius 2 is 2.08 bits per heavy atom. The number of allylic oxidation sites excluding steroid dienone is 1. The summed E-state index contributed by atoms with van der Waals surface area (Å²) in [5.74, 6) is 1.85. The Labute approximate surface area is 152 Å². The summed E-state index contributed by atoms with van der Waals surface area (Å²) in [6.07, 6.45) is 3.47. The zero-order valence-corrected chi connectivity index (χ0v) is 14.8. The van der Waals surface area contributed by atoms with Gasteiger partial charge in [-0.15, -0.1) is 0 Å². The smallest absolute Gasteiger partial charge is 0.161 e. The van der Waals surface area contributed by atoms with Gasteiger partial charge in [0, 0.05) is 7.05 Å². The first-order chi connectivity index (χ1) is 12.7. The Hall–Kier alpha value is -3.52. The molecule has 0 N–H and O–H groups in total. The standard InChI is InChI=1S/C21H19N3O2/c1-4-11-26-19-10-9-15(13-20(19)25-3)12-16(14-22)21-23-17-7-5-6-8-18(17)24(21)2/h4-10,12-13H,1,11H2,2-3H3/b16-12+. The molecule has 130 valence electrons. The molecule has 0 aliphatic rings. The van der Waals surface area contributed by atoms with Gasteiger partial charge in [-0.1, -0.05) is 30.9 Å². The minimum Gasteiger partial charge on any atom is -0.493 e. The van der Waals surface area contributed by atoms with Crippen molar-refractivity contribution in [2.24, 2.45) is 7.05 Å². The van der Waals surface area contributed by atoms with Crippen molar-refractivity contribution in [3.8, 4) is 17.6 Å². The Kier molecular flexibility index (Phi) is 5.04. The van der Waals surface area contributed by atoms with E-state index in [1.54, 1.807) is 19.3 Å². The van der Waals surface area contributed by atoms with Gasteiger partial charge in [-0.05, 0) is 35.9 Å². The number of hydrogen-bond donors (Lipinski definition) is 0. The zero-order chi connectivity index (χ0) is 18.5. The number of fused-ring (bicyclic) bond motifs is 1. The second-order valence-electron chi connectivity index (χ2n) is 5.66. The van der Waals surface area contributed by atoms with E-state index in [1.165, 1.54) is 0 Å². The fourth-order valence-electron chi connectivity index (χ4n) is 2.74. The molecule has 0 bridgehead atoms. The van der Waals surface area contributed by atoms with Crippen LogP contribution in [0.4, 0.5) is 0 Å². The van der Waals surface area contributed by atoms with Crippen molar-refractivity contribution < 1.29 is 9.47 Å². The Bertz CT molecular complexity index is 1030. The molecule has 1 heterocycles. The van der Waals surface area contributed by atoms with Crippen molar-refractivity contribution >= 4 is 22.7 Å². The fourth-order valence-corrected chi connectivity index (χ4v) is 2.74. The van der Waals surface area contributed by atoms with Gasteiger partial charge in [0.05, 0.1) is 23.7 Å². The lowest BCUT2D eigenvalue weighted by Crippen LogP contribution is -1.97. The number of aromatic nitrogens is 2. The predicted molar refractivity (Wildman–Crippen MR) is 103 cm³/mol. The first-order valence-electron chi connectivity index (χ1n) is 8.13. The molecule has 5 nitrogen and oxygen atoms in total. The molecule has 5 heteroatoms. The van der Waals surface area contributed by atoms with E-state index in [-0.39, 0.29) is 0 Å². The highest BCUT2D eigenvalue weighted by Gasteiger charge is 2.12. The maximum absolute atomic E-state index is 9.65. The molecule has 0 saturated carbocycles. The van der Waals surface area contributed by atoms with Crippen LogP contribution in [-0.4, -0.2) is 23.3 Å². The maximum Gasteiger partial charge on any atom is 0.161 e. The quantitative estimate of drug-likeness (QED) is 0.496. The van der Waals surface area contributed by atoms with E-state index in [4.69, 9.17) is 9.47 Å². The second-order valence-corrected chi connectivity index (χ2v) is 5.66. The first kappa shape index (κ1) is 17.3. The van der Waals surface area contributed by atoms with Gasteiger partial charge in [0.15, 0.2) is 17.3 Å². The highest BCUT2D eigenvalue weighted by atomic mass is 16.5. The van der Waals surface area contributed by atoms with Gasteiger partial charge in [0.1, 0.15) is 12.7 Å². The third kappa shape index (κ3) is 3.31. The first-order valence-corrected chi connectivity index (χ1v) is 8.13. The molecule has 0 unspecified atom stereocenters. The molecule has 0 fully saturated rings. The highest BCUT2D eigenvalue weighted by Crippen LogP contribution is 2.30. The Morgan fingerprint density at radius 1 is 1.27 bits per heavy atom. The lowest BCUT2D eigenvalue weighted by Gasteiger charge is -2.10. The number of para-hydroxylation sites is 2. The lowest BCUT2D eigenvalue weighted by atomic mass is 10.1. The molecule has 0 radical (unpaired) electrons. The number of nitriles is 1. The molecule has 0 spiro atoms. The Morgan fingerprint density at radius 3 is 2.77 bits per heavy atom. The number of benzene rings is 2. The molecule has 3 aromatic rings. The maximum atomic E-state index is 9.65. The number of ether oxygens (including phenoxy) is 2. The van der Waals surface area contributed by atoms with Crippen LogP contribution in [-0.2, 0) is 7.05 Å². The monoisotopic (exact) mass is 345 g/mol. The van der Waals surface area contributed by atoms with Gasteiger partial charge in [0.2, 0.25) is 0 Å². The van der Waals surface area contributed by atoms with Crippen LogP contribution < -0.4 is 9.47 Å². The predicted octanol–water partition coefficient (Wildman–Crippen LogP) is 4.21. The number of rotatable bonds is 6. The van der Waals surface area contributed by atoms with Crippen LogP contribution in [0.3, 0.4) is 0 Å². The van der Waals surface area contributed by atoms with Crippen molar-refractivity contribution in [1.29, 1.82) is 5.26 Å². The summed E-state index contributed by atoms with van der Waals surface area (Å²) in [5, 5.41) is 9.65. The molecule has 0 saturated heterocycles. The van der Waals surface area contributed by atoms with Crippen LogP contribution in [0.2, 0.25) is 0 Å². The third-order valence-corrected chi connectivity index (χ3v) is 4.00. The Balaban J connectivity index is 2.02. The van der Waals surface area contributed by atoms with Gasteiger partial charge in [-0.2, -0.15) is 5.26 Å². The van der Waals surface area contributed by atoms with E-state index >= 15 is 0 Å². The van der Waals surface area contributed by atoms with Crippen molar-refractivity contribution in [3.05, 3.63) is 66.5 Å². The average molecular weight is 345 g/mol. The van der Waals surface area contributed by atoms with E-state index in [1.807, 2.05) is 54.1 Å². The van der Waals surface area contributed by atoms with E-state index in [0.29, 0.717) is 29.5 Å². The number of hydrogen-bond acceptors (Lipinski definition) is 4. The molecule has 3 rings (SSSR count). The topological polar surface area (TPSA) is 60.1 Å². The number of aryl methyl sites for hydroxylation is 1. The average Bonchev–Trinajstić information content (AvgIpc) is 3.01. The molecule has 2 aromatic carbocycles. The van der Waals surface area contributed by atoms with Gasteiger partial charge in [-0.25, -0.2) is 4.98 Å². The minimum absolute atomic E-state index is 0.398. The van der Waals surface area contributed by atoms with E-state index < -0.39 is 0 Å². The van der Waals surface area contributed by atoms with Crippen LogP contribution >= 0.6 is 0 Å². The summed E-state index contributed by atoms with van der Waals surface area (Å²) in [7, 11) is 3.49. The number of nitrogens with zero attached hydrogens (tertiary/aromatic N) is 3. The SMILES string of the molecule is C=CCOc1ccc(/C=C(\C#N)c2nc3ccccc3n2C)cc1OC. The van der Waals surface area contributed by atoms with Gasteiger partial charge >= 0.3 is 0 Å². The third-order valence-electron chi connectivity index (χ3n) is 4.00. The van der Waals surface area contributed by atoms with Crippen LogP contribution in [0.1, 0.15) is 11.4 Å². The lowest BCUT2D eigenvalue weighted by molar-refractivity contribution is 0.326. The molecule has 0 aliphatic carbocycles. The fraction of sp³-hybridized carbons (Fsp3) is 0.143. The largest absolute Gasteiger partial charge is 0.493 e. The summed E-state index contributed by atoms with van der Waals surface area (Å²) < 4.78 is 12.9. The highest BCUT2D eigenvalue weighted by molar-refractivity contribution is 5.91. The zero-order valence-electron chi connectivity index (χ0n) is 14.8. The van der Waals surface area contributed by atoms with Crippen molar-refractivity contribution in [1.82, 2.24) is 9.55 Å². The summed E-state index contributed by atoms with van der Waals surface area (Å²) in [4.78, 5) is 4.59. The van der Waals surface area contributed by atoms with Crippen molar-refractivity contribution in [3.63, 3.8) is 0 Å². The van der Waals surface area contributed by atoms with Crippen LogP contribution in [0, 0.1) is 11.3 Å². The molecular formula is C21H19N3O2. The second kappa shape index (κ2) is 7.58. The molecule has 1 aromatic heterocycles. The summed E-state index contributed by atoms with van der Waals surface area (Å²) in [6.45, 7) is 4.04. The van der Waals surface area contributed by atoms with Gasteiger partial charge in [-0.3, -0.25) is 0 Å². The number of imidazole rings is 1. The molecule has 0 amide bonds. The van der Waals surface area contributed by atoms with E-state index in [2.05, 4.69) is 17.6 Å². The summed E-state index contributed by atoms with van der Waals surface area (Å²) in [5.41, 5.74) is 3.15. The van der Waals surface area contributed by atoms with Crippen LogP contribution in [0.5, 0.6) is 11.5 Å². The minimum atomic E-state index is 0.398. The molecule has 26 heavy (non-hydrogen) atoms. The van der Waals surface area contributed by atoms with Gasteiger partial charge in [0.25, 0.3) is 0 Å². The van der Waals surface area contributed by atoms with E-state index in [0.717, 1.165) is 16.6 Å². The van der Waals surface area contributed by atoms with Gasteiger partial charge < -0.3 is 14.0 Å². The summed E-state index contributed by atoms with van der Waals surface area (Å²) >= 11 is 0. The number of methoxy groups -OCH3 is 1. The van der Waals surface area contributed by atoms with E-state index in [9.17, 15) is 5.26 Å². The molecule has 0 aliphatic heterocycles. The van der Waals surface area contributed by atoms with Crippen molar-refractivity contribution in [2.45, 2.75) is 0 Å². The molecular weight excluding hydrogens is 326 g/mol. The van der Waals surface area contributed by atoms with Crippen molar-refractivity contribution in [2.75, 3.05) is 13.7 Å². The molecule has 0 atom stereocenters. The van der Waals surface area contributed by atoms with Crippen LogP contribution in [0.15, 0.2) is 55.1 Å². The normalized spacial score (nSPS) is 11.2. The summed E-state index contributed by atoms with van der Waals surface area (Å²) in [6, 6.07) is 15.6. The van der Waals surface area contributed by atoms with Crippen LogP contribution in [0.25, 0.3) is 22.7 Å².